The summed E-state index contributed by atoms with van der Waals surface area (Å²) in [4.78, 5) is 10.6. The molecule has 6 nitrogen and oxygen atoms in total. The first-order valence-corrected chi connectivity index (χ1v) is 7.55. The maximum atomic E-state index is 12.2. The van der Waals surface area contributed by atoms with Crippen molar-refractivity contribution in [2.75, 3.05) is 10.5 Å². The second-order valence-electron chi connectivity index (χ2n) is 4.41. The van der Waals surface area contributed by atoms with Gasteiger partial charge in [-0.1, -0.05) is 24.3 Å². The van der Waals surface area contributed by atoms with Crippen LogP contribution in [0.5, 0.6) is 0 Å². The largest absolute Gasteiger partial charge is 0.481 e. The first kappa shape index (κ1) is 14.9. The third-order valence-electron chi connectivity index (χ3n) is 2.79. The lowest BCUT2D eigenvalue weighted by Crippen LogP contribution is -2.14. The van der Waals surface area contributed by atoms with Crippen LogP contribution < -0.4 is 10.5 Å². The van der Waals surface area contributed by atoms with E-state index in [4.69, 9.17) is 10.8 Å². The fourth-order valence-electron chi connectivity index (χ4n) is 1.75. The molecular weight excluding hydrogens is 292 g/mol. The maximum absolute atomic E-state index is 12.2. The highest BCUT2D eigenvalue weighted by atomic mass is 32.2. The Labute approximate surface area is 122 Å². The summed E-state index contributed by atoms with van der Waals surface area (Å²) in [5, 5.41) is 8.68. The number of nitrogens with one attached hydrogen (secondary N) is 1. The van der Waals surface area contributed by atoms with Crippen LogP contribution in [0.2, 0.25) is 0 Å². The Kier molecular flexibility index (Phi) is 4.13. The van der Waals surface area contributed by atoms with Crippen molar-refractivity contribution >= 4 is 27.4 Å². The van der Waals surface area contributed by atoms with Crippen LogP contribution in [0.1, 0.15) is 5.56 Å². The van der Waals surface area contributed by atoms with Crippen molar-refractivity contribution in [2.45, 2.75) is 11.3 Å². The molecule has 0 amide bonds. The molecule has 0 aliphatic heterocycles. The van der Waals surface area contributed by atoms with Crippen molar-refractivity contribution in [2.24, 2.45) is 0 Å². The van der Waals surface area contributed by atoms with E-state index < -0.39 is 16.0 Å². The number of rotatable bonds is 5. The van der Waals surface area contributed by atoms with E-state index in [0.29, 0.717) is 16.9 Å². The molecule has 0 fully saturated rings. The molecule has 0 spiro atoms. The minimum Gasteiger partial charge on any atom is -0.481 e. The molecule has 0 atom stereocenters. The number of para-hydroxylation sites is 2. The van der Waals surface area contributed by atoms with Gasteiger partial charge in [0.25, 0.3) is 10.0 Å². The van der Waals surface area contributed by atoms with E-state index >= 15 is 0 Å². The Morgan fingerprint density at radius 2 is 1.71 bits per heavy atom. The Morgan fingerprint density at radius 1 is 1.10 bits per heavy atom. The number of sulfonamides is 1. The van der Waals surface area contributed by atoms with E-state index in [-0.39, 0.29) is 11.3 Å². The van der Waals surface area contributed by atoms with Gasteiger partial charge in [-0.25, -0.2) is 8.42 Å². The Balaban J connectivity index is 2.24. The Morgan fingerprint density at radius 3 is 2.29 bits per heavy atom. The fraction of sp³-hybridized carbons (Fsp3) is 0.0714. The topological polar surface area (TPSA) is 109 Å². The van der Waals surface area contributed by atoms with Crippen LogP contribution in [0, 0.1) is 0 Å². The first-order chi connectivity index (χ1) is 9.88. The number of anilines is 2. The van der Waals surface area contributed by atoms with E-state index in [1.165, 1.54) is 24.3 Å². The highest BCUT2D eigenvalue weighted by Gasteiger charge is 2.15. The molecule has 7 heteroatoms. The molecule has 0 aliphatic rings. The molecule has 0 saturated carbocycles. The fourth-order valence-corrected chi connectivity index (χ4v) is 2.84. The second-order valence-corrected chi connectivity index (χ2v) is 6.09. The summed E-state index contributed by atoms with van der Waals surface area (Å²) < 4.78 is 26.8. The number of carboxylic acids is 1. The second kappa shape index (κ2) is 5.84. The molecule has 0 radical (unpaired) electrons. The number of aliphatic carboxylic acids is 1. The van der Waals surface area contributed by atoms with Gasteiger partial charge in [-0.2, -0.15) is 0 Å². The third kappa shape index (κ3) is 3.73. The van der Waals surface area contributed by atoms with Gasteiger partial charge in [0.1, 0.15) is 0 Å². The van der Waals surface area contributed by atoms with Crippen LogP contribution >= 0.6 is 0 Å². The third-order valence-corrected chi connectivity index (χ3v) is 4.18. The average molecular weight is 306 g/mol. The number of hydrogen-bond acceptors (Lipinski definition) is 4. The van der Waals surface area contributed by atoms with Crippen molar-refractivity contribution in [3.63, 3.8) is 0 Å². The van der Waals surface area contributed by atoms with Crippen LogP contribution in [0.15, 0.2) is 53.4 Å². The average Bonchev–Trinajstić information content (AvgIpc) is 2.41. The summed E-state index contributed by atoms with van der Waals surface area (Å²) in [7, 11) is -3.76. The molecule has 0 unspecified atom stereocenters. The zero-order chi connectivity index (χ0) is 15.5. The highest BCUT2D eigenvalue weighted by Crippen LogP contribution is 2.21. The zero-order valence-electron chi connectivity index (χ0n) is 11.0. The van der Waals surface area contributed by atoms with Crippen LogP contribution in [0.4, 0.5) is 11.4 Å². The zero-order valence-corrected chi connectivity index (χ0v) is 11.8. The molecule has 0 bridgehead atoms. The molecule has 0 heterocycles. The van der Waals surface area contributed by atoms with E-state index in [1.54, 1.807) is 24.3 Å². The quantitative estimate of drug-likeness (QED) is 0.728. The molecule has 2 aromatic rings. The smallest absolute Gasteiger partial charge is 0.307 e. The van der Waals surface area contributed by atoms with Crippen LogP contribution in [0.25, 0.3) is 0 Å². The van der Waals surface area contributed by atoms with Gasteiger partial charge in [-0.15, -0.1) is 0 Å². The predicted molar refractivity (Wildman–Crippen MR) is 79.4 cm³/mol. The van der Waals surface area contributed by atoms with E-state index in [9.17, 15) is 13.2 Å². The predicted octanol–water partition coefficient (Wildman–Crippen LogP) is 1.70. The van der Waals surface area contributed by atoms with Gasteiger partial charge in [-0.05, 0) is 29.8 Å². The molecule has 0 saturated heterocycles. The molecule has 110 valence electrons. The number of hydrogen-bond donors (Lipinski definition) is 3. The van der Waals surface area contributed by atoms with Crippen molar-refractivity contribution in [1.29, 1.82) is 0 Å². The molecular formula is C14H14N2O4S. The van der Waals surface area contributed by atoms with Crippen molar-refractivity contribution in [3.8, 4) is 0 Å². The van der Waals surface area contributed by atoms with Gasteiger partial charge in [0.05, 0.1) is 22.7 Å². The van der Waals surface area contributed by atoms with Gasteiger partial charge >= 0.3 is 5.97 Å². The molecule has 0 aromatic heterocycles. The normalized spacial score (nSPS) is 11.0. The van der Waals surface area contributed by atoms with Gasteiger partial charge in [-0.3, -0.25) is 9.52 Å². The SMILES string of the molecule is Nc1ccccc1NS(=O)(=O)c1ccc(CC(=O)O)cc1. The van der Waals surface area contributed by atoms with E-state index in [2.05, 4.69) is 4.72 Å². The minimum atomic E-state index is -3.76. The van der Waals surface area contributed by atoms with Gasteiger partial charge in [0, 0.05) is 0 Å². The summed E-state index contributed by atoms with van der Waals surface area (Å²) >= 11 is 0. The summed E-state index contributed by atoms with van der Waals surface area (Å²) in [6.45, 7) is 0. The van der Waals surface area contributed by atoms with Gasteiger partial charge in [0.2, 0.25) is 0 Å². The summed E-state index contributed by atoms with van der Waals surface area (Å²) in [6.07, 6.45) is -0.153. The lowest BCUT2D eigenvalue weighted by atomic mass is 10.2. The highest BCUT2D eigenvalue weighted by molar-refractivity contribution is 7.92. The molecule has 4 N–H and O–H groups in total. The van der Waals surface area contributed by atoms with Gasteiger partial charge < -0.3 is 10.8 Å². The number of benzene rings is 2. The molecule has 21 heavy (non-hydrogen) atoms. The molecule has 0 aliphatic carbocycles. The number of carboxylic acid groups (broad SMARTS) is 1. The molecule has 2 aromatic carbocycles. The Hall–Kier alpha value is -2.54. The van der Waals surface area contributed by atoms with Crippen molar-refractivity contribution in [3.05, 3.63) is 54.1 Å². The van der Waals surface area contributed by atoms with E-state index in [0.717, 1.165) is 0 Å². The van der Waals surface area contributed by atoms with Crippen molar-refractivity contribution in [1.82, 2.24) is 0 Å². The first-order valence-electron chi connectivity index (χ1n) is 6.06. The summed E-state index contributed by atoms with van der Waals surface area (Å²) in [5.74, 6) is -0.971. The van der Waals surface area contributed by atoms with E-state index in [1.807, 2.05) is 0 Å². The lowest BCUT2D eigenvalue weighted by Gasteiger charge is -2.10. The maximum Gasteiger partial charge on any atom is 0.307 e. The Bertz CT molecular complexity index is 755. The number of carbonyl (C=O) groups is 1. The molecule has 2 rings (SSSR count). The lowest BCUT2D eigenvalue weighted by molar-refractivity contribution is -0.136. The van der Waals surface area contributed by atoms with Crippen LogP contribution in [-0.2, 0) is 21.2 Å². The van der Waals surface area contributed by atoms with Crippen molar-refractivity contribution < 1.29 is 18.3 Å². The van der Waals surface area contributed by atoms with Crippen LogP contribution in [0.3, 0.4) is 0 Å². The number of nitrogen functional groups attached to an aromatic ring is 1. The van der Waals surface area contributed by atoms with Crippen LogP contribution in [-0.4, -0.2) is 19.5 Å². The number of nitrogens with two attached hydrogens (primary N) is 1. The summed E-state index contributed by atoms with van der Waals surface area (Å²) in [6, 6.07) is 12.2. The van der Waals surface area contributed by atoms with Gasteiger partial charge in [0.15, 0.2) is 0 Å². The standard InChI is InChI=1S/C14H14N2O4S/c15-12-3-1-2-4-13(12)16-21(19,20)11-7-5-10(6-8-11)9-14(17)18/h1-8,16H,9,15H2,(H,17,18). The summed E-state index contributed by atoms with van der Waals surface area (Å²) in [5.41, 5.74) is 6.84. The monoisotopic (exact) mass is 306 g/mol. The minimum absolute atomic E-state index is 0.0416.